The van der Waals surface area contributed by atoms with Gasteiger partial charge in [-0.3, -0.25) is 4.98 Å². The minimum Gasteiger partial charge on any atom is -0.323 e. The predicted octanol–water partition coefficient (Wildman–Crippen LogP) is 3.17. The first-order chi connectivity index (χ1) is 8.83. The molecule has 0 bridgehead atoms. The summed E-state index contributed by atoms with van der Waals surface area (Å²) in [5.41, 5.74) is 9.04. The molecule has 2 aromatic heterocycles. The predicted molar refractivity (Wildman–Crippen MR) is 79.1 cm³/mol. The minimum atomic E-state index is 0.106. The maximum Gasteiger partial charge on any atom is 0.0431 e. The van der Waals surface area contributed by atoms with E-state index in [1.165, 1.54) is 28.2 Å². The maximum absolute atomic E-state index is 6.31. The summed E-state index contributed by atoms with van der Waals surface area (Å²) in [6.45, 7) is 0. The Morgan fingerprint density at radius 1 is 1.44 bits per heavy atom. The SMILES string of the molecule is NC(Cc1cccnc1)c1cc2c(s1)CCSC2. The highest BCUT2D eigenvalue weighted by Gasteiger charge is 2.17. The molecule has 1 atom stereocenters. The standard InChI is InChI=1S/C14H16N2S2/c15-12(6-10-2-1-4-16-8-10)14-7-11-9-17-5-3-13(11)18-14/h1-2,4,7-8,12H,3,5-6,9,15H2. The Morgan fingerprint density at radius 2 is 2.39 bits per heavy atom. The number of pyridine rings is 1. The van der Waals surface area contributed by atoms with Crippen molar-refractivity contribution in [2.24, 2.45) is 5.73 Å². The van der Waals surface area contributed by atoms with Crippen molar-refractivity contribution >= 4 is 23.1 Å². The highest BCUT2D eigenvalue weighted by molar-refractivity contribution is 7.98. The number of aromatic nitrogens is 1. The first kappa shape index (κ1) is 12.2. The molecule has 3 rings (SSSR count). The van der Waals surface area contributed by atoms with E-state index in [2.05, 4.69) is 17.1 Å². The Kier molecular flexibility index (Phi) is 3.68. The Hall–Kier alpha value is -0.840. The highest BCUT2D eigenvalue weighted by Crippen LogP contribution is 2.34. The van der Waals surface area contributed by atoms with Gasteiger partial charge < -0.3 is 5.73 Å². The average Bonchev–Trinajstić information content (AvgIpc) is 2.84. The van der Waals surface area contributed by atoms with Crippen LogP contribution in [0.2, 0.25) is 0 Å². The number of rotatable bonds is 3. The van der Waals surface area contributed by atoms with E-state index in [9.17, 15) is 0 Å². The molecule has 2 nitrogen and oxygen atoms in total. The van der Waals surface area contributed by atoms with Crippen LogP contribution < -0.4 is 5.73 Å². The summed E-state index contributed by atoms with van der Waals surface area (Å²) in [5.74, 6) is 2.41. The number of hydrogen-bond acceptors (Lipinski definition) is 4. The molecule has 18 heavy (non-hydrogen) atoms. The number of nitrogens with two attached hydrogens (primary N) is 1. The fraction of sp³-hybridized carbons (Fsp3) is 0.357. The van der Waals surface area contributed by atoms with E-state index in [-0.39, 0.29) is 6.04 Å². The third-order valence-electron chi connectivity index (χ3n) is 3.19. The average molecular weight is 276 g/mol. The van der Waals surface area contributed by atoms with Crippen molar-refractivity contribution in [1.82, 2.24) is 4.98 Å². The summed E-state index contributed by atoms with van der Waals surface area (Å²) >= 11 is 3.93. The number of thioether (sulfide) groups is 1. The van der Waals surface area contributed by atoms with Gasteiger partial charge in [0.05, 0.1) is 0 Å². The second-order valence-corrected chi connectivity index (χ2v) is 6.85. The molecule has 4 heteroatoms. The van der Waals surface area contributed by atoms with Gasteiger partial charge in [0.1, 0.15) is 0 Å². The largest absolute Gasteiger partial charge is 0.323 e. The zero-order valence-corrected chi connectivity index (χ0v) is 11.8. The first-order valence-corrected chi connectivity index (χ1v) is 8.14. The van der Waals surface area contributed by atoms with Gasteiger partial charge in [0, 0.05) is 33.9 Å². The molecule has 0 saturated carbocycles. The van der Waals surface area contributed by atoms with Crippen LogP contribution in [-0.4, -0.2) is 10.7 Å². The van der Waals surface area contributed by atoms with Crippen LogP contribution in [0.4, 0.5) is 0 Å². The lowest BCUT2D eigenvalue weighted by atomic mass is 10.1. The number of nitrogens with zero attached hydrogens (tertiary/aromatic N) is 1. The van der Waals surface area contributed by atoms with Gasteiger partial charge in [-0.2, -0.15) is 11.8 Å². The number of thiophene rings is 1. The Morgan fingerprint density at radius 3 is 3.17 bits per heavy atom. The molecule has 0 radical (unpaired) electrons. The van der Waals surface area contributed by atoms with Gasteiger partial charge in [-0.25, -0.2) is 0 Å². The van der Waals surface area contributed by atoms with E-state index in [0.29, 0.717) is 0 Å². The number of aryl methyl sites for hydroxylation is 1. The monoisotopic (exact) mass is 276 g/mol. The molecule has 0 fully saturated rings. The molecule has 0 aromatic carbocycles. The van der Waals surface area contributed by atoms with Crippen LogP contribution >= 0.6 is 23.1 Å². The lowest BCUT2D eigenvalue weighted by Gasteiger charge is -2.08. The van der Waals surface area contributed by atoms with Crippen molar-refractivity contribution in [2.75, 3.05) is 5.75 Å². The highest BCUT2D eigenvalue weighted by atomic mass is 32.2. The normalized spacial score (nSPS) is 16.3. The van der Waals surface area contributed by atoms with E-state index in [0.717, 1.165) is 12.2 Å². The van der Waals surface area contributed by atoms with Gasteiger partial charge in [0.25, 0.3) is 0 Å². The third-order valence-corrected chi connectivity index (χ3v) is 5.57. The molecular weight excluding hydrogens is 260 g/mol. The molecule has 1 aliphatic rings. The summed E-state index contributed by atoms with van der Waals surface area (Å²) in [5, 5.41) is 0. The molecule has 0 spiro atoms. The van der Waals surface area contributed by atoms with Gasteiger partial charge in [-0.15, -0.1) is 11.3 Å². The lowest BCUT2D eigenvalue weighted by Crippen LogP contribution is -2.11. The summed E-state index contributed by atoms with van der Waals surface area (Å²) in [7, 11) is 0. The quantitative estimate of drug-likeness (QED) is 0.936. The van der Waals surface area contributed by atoms with Crippen LogP contribution in [0.5, 0.6) is 0 Å². The van der Waals surface area contributed by atoms with Crippen LogP contribution in [0.1, 0.15) is 26.9 Å². The van der Waals surface area contributed by atoms with Crippen LogP contribution in [0.3, 0.4) is 0 Å². The smallest absolute Gasteiger partial charge is 0.0431 e. The van der Waals surface area contributed by atoms with Crippen molar-refractivity contribution in [2.45, 2.75) is 24.6 Å². The molecule has 3 heterocycles. The van der Waals surface area contributed by atoms with Crippen molar-refractivity contribution in [3.8, 4) is 0 Å². The maximum atomic E-state index is 6.31. The number of fused-ring (bicyclic) bond motifs is 1. The van der Waals surface area contributed by atoms with E-state index in [1.807, 2.05) is 35.4 Å². The van der Waals surface area contributed by atoms with E-state index in [4.69, 9.17) is 5.73 Å². The van der Waals surface area contributed by atoms with Crippen LogP contribution in [-0.2, 0) is 18.6 Å². The summed E-state index contributed by atoms with van der Waals surface area (Å²) in [4.78, 5) is 7.01. The van der Waals surface area contributed by atoms with Crippen molar-refractivity contribution in [3.05, 3.63) is 51.5 Å². The lowest BCUT2D eigenvalue weighted by molar-refractivity contribution is 0.733. The summed E-state index contributed by atoms with van der Waals surface area (Å²) < 4.78 is 0. The van der Waals surface area contributed by atoms with Gasteiger partial charge in [0.15, 0.2) is 0 Å². The second-order valence-electron chi connectivity index (χ2n) is 4.57. The van der Waals surface area contributed by atoms with Gasteiger partial charge >= 0.3 is 0 Å². The van der Waals surface area contributed by atoms with E-state index >= 15 is 0 Å². The molecule has 2 aromatic rings. The minimum absolute atomic E-state index is 0.106. The number of hydrogen-bond donors (Lipinski definition) is 1. The Labute approximate surface area is 116 Å². The molecule has 0 aliphatic carbocycles. The molecule has 0 saturated heterocycles. The molecule has 2 N–H and O–H groups in total. The van der Waals surface area contributed by atoms with E-state index < -0.39 is 0 Å². The van der Waals surface area contributed by atoms with Crippen molar-refractivity contribution in [1.29, 1.82) is 0 Å². The molecule has 94 valence electrons. The van der Waals surface area contributed by atoms with Crippen molar-refractivity contribution in [3.63, 3.8) is 0 Å². The van der Waals surface area contributed by atoms with Crippen LogP contribution in [0, 0.1) is 0 Å². The Bertz CT molecular complexity index is 498. The zero-order valence-electron chi connectivity index (χ0n) is 10.1. The summed E-state index contributed by atoms with van der Waals surface area (Å²) in [6.07, 6.45) is 5.80. The van der Waals surface area contributed by atoms with Crippen molar-refractivity contribution < 1.29 is 0 Å². The zero-order chi connectivity index (χ0) is 12.4. The topological polar surface area (TPSA) is 38.9 Å². The van der Waals surface area contributed by atoms with E-state index in [1.54, 1.807) is 11.1 Å². The first-order valence-electron chi connectivity index (χ1n) is 6.16. The molecule has 1 unspecified atom stereocenters. The van der Waals surface area contributed by atoms with Gasteiger partial charge in [-0.05, 0) is 41.9 Å². The molecule has 1 aliphatic heterocycles. The third kappa shape index (κ3) is 2.60. The molecular formula is C14H16N2S2. The van der Waals surface area contributed by atoms with Crippen LogP contribution in [0.15, 0.2) is 30.6 Å². The summed E-state index contributed by atoms with van der Waals surface area (Å²) in [6, 6.07) is 6.48. The van der Waals surface area contributed by atoms with Gasteiger partial charge in [-0.1, -0.05) is 6.07 Å². The van der Waals surface area contributed by atoms with Gasteiger partial charge in [0.2, 0.25) is 0 Å². The van der Waals surface area contributed by atoms with Crippen LogP contribution in [0.25, 0.3) is 0 Å². The Balaban J connectivity index is 1.76. The molecule has 0 amide bonds. The fourth-order valence-corrected chi connectivity index (χ4v) is 4.60. The fourth-order valence-electron chi connectivity index (χ4n) is 2.23. The second kappa shape index (κ2) is 5.43.